The average molecular weight is 571 g/mol. The number of nitrogens with zero attached hydrogens (tertiary/aromatic N) is 4. The van der Waals surface area contributed by atoms with E-state index < -0.39 is 0 Å². The van der Waals surface area contributed by atoms with E-state index in [1.165, 1.54) is 5.56 Å². The number of carbonyl (C=O) groups excluding carboxylic acids is 1. The highest BCUT2D eigenvalue weighted by Crippen LogP contribution is 2.28. The summed E-state index contributed by atoms with van der Waals surface area (Å²) in [6.45, 7) is 5.26. The Kier molecular flexibility index (Phi) is 6.53. The quantitative estimate of drug-likeness (QED) is 0.306. The molecule has 1 aliphatic rings. The molecule has 0 atom stereocenters. The van der Waals surface area contributed by atoms with Gasteiger partial charge in [0.25, 0.3) is 5.91 Å². The number of aromatic amines is 2. The first-order chi connectivity index (χ1) is 16.5. The molecule has 0 saturated carbocycles. The molecule has 0 bridgehead atoms. The number of piperazine rings is 1. The monoisotopic (exact) mass is 571 g/mol. The van der Waals surface area contributed by atoms with Gasteiger partial charge in [0, 0.05) is 36.3 Å². The first kappa shape index (κ1) is 22.8. The zero-order valence-corrected chi connectivity index (χ0v) is 21.2. The maximum Gasteiger partial charge on any atom is 0.259 e. The van der Waals surface area contributed by atoms with Gasteiger partial charge in [0.1, 0.15) is 11.4 Å². The van der Waals surface area contributed by atoms with E-state index in [0.717, 1.165) is 47.3 Å². The van der Waals surface area contributed by atoms with Crippen LogP contribution in [0.4, 0.5) is 5.69 Å². The van der Waals surface area contributed by atoms with Crippen molar-refractivity contribution in [3.8, 4) is 17.3 Å². The number of hydrogen-bond acceptors (Lipinski definition) is 6. The average Bonchev–Trinajstić information content (AvgIpc) is 3.46. The molecule has 34 heavy (non-hydrogen) atoms. The second kappa shape index (κ2) is 9.72. The van der Waals surface area contributed by atoms with Crippen LogP contribution in [0.15, 0.2) is 42.6 Å². The number of likely N-dealkylation sites (N-methyl/N-ethyl adjacent to an activating group) is 1. The second-order valence-corrected chi connectivity index (χ2v) is 9.72. The highest BCUT2D eigenvalue weighted by Gasteiger charge is 2.19. The molecule has 2 aromatic carbocycles. The van der Waals surface area contributed by atoms with E-state index in [4.69, 9.17) is 9.72 Å². The standard InChI is InChI=1S/C24H26IN7O2/c1-31-7-9-32(10-8-31)14-15-3-5-18-19(11-15)28-23(27-18)22-20(13-26-30-22)29-24(33)17-12-16(25)4-6-21(17)34-2/h3-6,11-13H,7-10,14H2,1-2H3,(H,26,30)(H,27,28)(H,29,33). The molecule has 1 saturated heterocycles. The fourth-order valence-corrected chi connectivity index (χ4v) is 4.64. The number of carbonyl (C=O) groups is 1. The second-order valence-electron chi connectivity index (χ2n) is 8.47. The number of fused-ring (bicyclic) bond motifs is 1. The largest absolute Gasteiger partial charge is 0.496 e. The van der Waals surface area contributed by atoms with Gasteiger partial charge in [-0.3, -0.25) is 14.8 Å². The molecule has 3 heterocycles. The first-order valence-corrected chi connectivity index (χ1v) is 12.2. The molecule has 0 aliphatic carbocycles. The highest BCUT2D eigenvalue weighted by molar-refractivity contribution is 14.1. The minimum atomic E-state index is -0.274. The van der Waals surface area contributed by atoms with E-state index in [1.807, 2.05) is 12.1 Å². The van der Waals surface area contributed by atoms with Gasteiger partial charge in [0.2, 0.25) is 0 Å². The minimum absolute atomic E-state index is 0.274. The zero-order chi connectivity index (χ0) is 23.7. The predicted molar refractivity (Wildman–Crippen MR) is 140 cm³/mol. The van der Waals surface area contributed by atoms with Gasteiger partial charge in [-0.2, -0.15) is 5.10 Å². The van der Waals surface area contributed by atoms with Crippen molar-refractivity contribution in [2.45, 2.75) is 6.54 Å². The summed E-state index contributed by atoms with van der Waals surface area (Å²) in [5.41, 5.74) is 4.68. The molecule has 10 heteroatoms. The molecular weight excluding hydrogens is 545 g/mol. The van der Waals surface area contributed by atoms with Crippen LogP contribution in [0, 0.1) is 3.57 Å². The maximum atomic E-state index is 13.0. The summed E-state index contributed by atoms with van der Waals surface area (Å²) in [5, 5.41) is 10.0. The number of nitrogens with one attached hydrogen (secondary N) is 3. The summed E-state index contributed by atoms with van der Waals surface area (Å²) < 4.78 is 6.30. The number of halogens is 1. The van der Waals surface area contributed by atoms with Crippen LogP contribution in [-0.2, 0) is 6.54 Å². The Hall–Kier alpha value is -2.96. The van der Waals surface area contributed by atoms with E-state index in [2.05, 4.69) is 72.1 Å². The van der Waals surface area contributed by atoms with E-state index in [0.29, 0.717) is 28.5 Å². The molecule has 0 radical (unpaired) electrons. The summed E-state index contributed by atoms with van der Waals surface area (Å²) in [6, 6.07) is 11.8. The van der Waals surface area contributed by atoms with E-state index in [9.17, 15) is 4.79 Å². The molecule has 0 spiro atoms. The molecule has 1 amide bonds. The Bertz CT molecular complexity index is 1320. The number of ether oxygens (including phenoxy) is 1. The summed E-state index contributed by atoms with van der Waals surface area (Å²) in [5.74, 6) is 0.859. The molecule has 5 rings (SSSR count). The maximum absolute atomic E-state index is 13.0. The van der Waals surface area contributed by atoms with Crippen LogP contribution in [0.1, 0.15) is 15.9 Å². The zero-order valence-electron chi connectivity index (χ0n) is 19.1. The number of amides is 1. The van der Waals surface area contributed by atoms with Crippen molar-refractivity contribution in [1.29, 1.82) is 0 Å². The number of imidazole rings is 1. The van der Waals surface area contributed by atoms with Crippen LogP contribution in [0.25, 0.3) is 22.6 Å². The third-order valence-electron chi connectivity index (χ3n) is 6.08. The molecule has 3 N–H and O–H groups in total. The number of rotatable bonds is 6. The van der Waals surface area contributed by atoms with Gasteiger partial charge in [0.15, 0.2) is 5.82 Å². The normalized spacial score (nSPS) is 15.0. The third-order valence-corrected chi connectivity index (χ3v) is 6.75. The van der Waals surface area contributed by atoms with Crippen molar-refractivity contribution in [1.82, 2.24) is 30.0 Å². The van der Waals surface area contributed by atoms with Crippen molar-refractivity contribution >= 4 is 45.2 Å². The molecule has 2 aromatic heterocycles. The van der Waals surface area contributed by atoms with Crippen LogP contribution >= 0.6 is 22.6 Å². The fourth-order valence-electron chi connectivity index (χ4n) is 4.15. The minimum Gasteiger partial charge on any atom is -0.496 e. The van der Waals surface area contributed by atoms with Crippen molar-refractivity contribution in [3.05, 3.63) is 57.3 Å². The molecule has 176 valence electrons. The molecular formula is C24H26IN7O2. The lowest BCUT2D eigenvalue weighted by molar-refractivity contribution is 0.102. The lowest BCUT2D eigenvalue weighted by atomic mass is 10.1. The lowest BCUT2D eigenvalue weighted by Gasteiger charge is -2.32. The van der Waals surface area contributed by atoms with Gasteiger partial charge < -0.3 is 19.9 Å². The van der Waals surface area contributed by atoms with Crippen molar-refractivity contribution in [2.24, 2.45) is 0 Å². The summed E-state index contributed by atoms with van der Waals surface area (Å²) in [6.07, 6.45) is 1.58. The number of benzene rings is 2. The van der Waals surface area contributed by atoms with Crippen LogP contribution < -0.4 is 10.1 Å². The van der Waals surface area contributed by atoms with Crippen molar-refractivity contribution < 1.29 is 9.53 Å². The SMILES string of the molecule is COc1ccc(I)cc1C(=O)Nc1cn[nH]c1-c1nc2ccc(CN3CCN(C)CC3)cc2[nH]1. The van der Waals surface area contributed by atoms with E-state index >= 15 is 0 Å². The number of aromatic nitrogens is 4. The molecule has 0 unspecified atom stereocenters. The van der Waals surface area contributed by atoms with Gasteiger partial charge in [-0.1, -0.05) is 6.07 Å². The van der Waals surface area contributed by atoms with Crippen LogP contribution in [0.3, 0.4) is 0 Å². The topological polar surface area (TPSA) is 102 Å². The Labute approximate surface area is 211 Å². The van der Waals surface area contributed by atoms with Crippen molar-refractivity contribution in [2.75, 3.05) is 45.7 Å². The highest BCUT2D eigenvalue weighted by atomic mass is 127. The summed E-state index contributed by atoms with van der Waals surface area (Å²) in [4.78, 5) is 25.9. The summed E-state index contributed by atoms with van der Waals surface area (Å²) in [7, 11) is 3.72. The van der Waals surface area contributed by atoms with E-state index in [1.54, 1.807) is 25.4 Å². The summed E-state index contributed by atoms with van der Waals surface area (Å²) >= 11 is 2.17. The van der Waals surface area contributed by atoms with E-state index in [-0.39, 0.29) is 5.91 Å². The molecule has 9 nitrogen and oxygen atoms in total. The number of methoxy groups -OCH3 is 1. The smallest absolute Gasteiger partial charge is 0.259 e. The van der Waals surface area contributed by atoms with Crippen LogP contribution in [-0.4, -0.2) is 76.2 Å². The number of H-pyrrole nitrogens is 2. The van der Waals surface area contributed by atoms with Gasteiger partial charge >= 0.3 is 0 Å². The predicted octanol–water partition coefficient (Wildman–Crippen LogP) is 3.57. The first-order valence-electron chi connectivity index (χ1n) is 11.1. The van der Waals surface area contributed by atoms with Gasteiger partial charge in [0.05, 0.1) is 35.6 Å². The van der Waals surface area contributed by atoms with Crippen LogP contribution in [0.5, 0.6) is 5.75 Å². The molecule has 1 fully saturated rings. The number of anilines is 1. The fraction of sp³-hybridized carbons (Fsp3) is 0.292. The Balaban J connectivity index is 1.36. The lowest BCUT2D eigenvalue weighted by Crippen LogP contribution is -2.43. The Morgan fingerprint density at radius 1 is 1.18 bits per heavy atom. The van der Waals surface area contributed by atoms with Crippen LogP contribution in [0.2, 0.25) is 0 Å². The number of hydrogen-bond donors (Lipinski definition) is 3. The Morgan fingerprint density at radius 2 is 2.00 bits per heavy atom. The van der Waals surface area contributed by atoms with Crippen molar-refractivity contribution in [3.63, 3.8) is 0 Å². The Morgan fingerprint density at radius 3 is 2.79 bits per heavy atom. The van der Waals surface area contributed by atoms with Gasteiger partial charge in [-0.05, 0) is 65.5 Å². The van der Waals surface area contributed by atoms with Gasteiger partial charge in [-0.25, -0.2) is 4.98 Å². The van der Waals surface area contributed by atoms with Gasteiger partial charge in [-0.15, -0.1) is 0 Å². The molecule has 4 aromatic rings. The molecule has 1 aliphatic heterocycles. The third kappa shape index (κ3) is 4.79.